The second-order valence-electron chi connectivity index (χ2n) is 7.10. The van der Waals surface area contributed by atoms with Crippen molar-refractivity contribution in [3.05, 3.63) is 0 Å². The highest BCUT2D eigenvalue weighted by Crippen LogP contribution is 2.41. The quantitative estimate of drug-likeness (QED) is 0.781. The van der Waals surface area contributed by atoms with E-state index >= 15 is 0 Å². The second-order valence-corrected chi connectivity index (χ2v) is 7.10. The molecule has 1 nitrogen and oxygen atoms in total. The van der Waals surface area contributed by atoms with Gasteiger partial charge in [-0.05, 0) is 61.7 Å². The van der Waals surface area contributed by atoms with Crippen LogP contribution in [0.3, 0.4) is 0 Å². The molecule has 0 spiro atoms. The lowest BCUT2D eigenvalue weighted by atomic mass is 9.71. The average Bonchev–Trinajstić information content (AvgIpc) is 2.75. The zero-order valence-electron chi connectivity index (χ0n) is 12.0. The maximum absolute atomic E-state index is 6.60. The van der Waals surface area contributed by atoms with E-state index in [1.54, 1.807) is 0 Å². The summed E-state index contributed by atoms with van der Waals surface area (Å²) >= 11 is 0. The van der Waals surface area contributed by atoms with E-state index in [1.807, 2.05) is 0 Å². The summed E-state index contributed by atoms with van der Waals surface area (Å²) in [4.78, 5) is 0. The molecule has 0 heterocycles. The molecule has 2 aliphatic carbocycles. The van der Waals surface area contributed by atoms with Gasteiger partial charge in [-0.1, -0.05) is 33.6 Å². The summed E-state index contributed by atoms with van der Waals surface area (Å²) < 4.78 is 0. The van der Waals surface area contributed by atoms with Gasteiger partial charge in [-0.3, -0.25) is 0 Å². The molecule has 1 heteroatoms. The van der Waals surface area contributed by atoms with Crippen molar-refractivity contribution in [1.29, 1.82) is 0 Å². The van der Waals surface area contributed by atoms with E-state index in [4.69, 9.17) is 5.73 Å². The molecule has 2 N–H and O–H groups in total. The normalized spacial score (nSPS) is 44.8. The fourth-order valence-electron chi connectivity index (χ4n) is 4.54. The summed E-state index contributed by atoms with van der Waals surface area (Å²) in [5.41, 5.74) is 6.60. The monoisotopic (exact) mass is 237 g/mol. The van der Waals surface area contributed by atoms with Gasteiger partial charge in [0, 0.05) is 6.04 Å². The number of rotatable bonds is 3. The van der Waals surface area contributed by atoms with E-state index in [2.05, 4.69) is 20.8 Å². The van der Waals surface area contributed by atoms with E-state index in [1.165, 1.54) is 44.9 Å². The molecule has 0 aromatic heterocycles. The Balaban J connectivity index is 1.88. The van der Waals surface area contributed by atoms with Crippen LogP contribution in [0.25, 0.3) is 0 Å². The number of hydrogen-bond donors (Lipinski definition) is 1. The molecule has 0 saturated heterocycles. The highest BCUT2D eigenvalue weighted by atomic mass is 14.7. The standard InChI is InChI=1S/C16H31N/c1-4-13-5-6-14(10-13)16(17)15-8-11(2)7-12(3)9-15/h11-16H,4-10,17H2,1-3H3. The zero-order chi connectivity index (χ0) is 12.4. The first-order valence-corrected chi connectivity index (χ1v) is 7.85. The van der Waals surface area contributed by atoms with Gasteiger partial charge in [-0.15, -0.1) is 0 Å². The van der Waals surface area contributed by atoms with E-state index in [0.29, 0.717) is 6.04 Å². The molecule has 100 valence electrons. The Kier molecular flexibility index (Phi) is 4.52. The molecule has 0 aromatic carbocycles. The van der Waals surface area contributed by atoms with Gasteiger partial charge in [-0.2, -0.15) is 0 Å². The van der Waals surface area contributed by atoms with Gasteiger partial charge >= 0.3 is 0 Å². The number of nitrogens with two attached hydrogens (primary N) is 1. The molecule has 0 aliphatic heterocycles. The van der Waals surface area contributed by atoms with Crippen molar-refractivity contribution in [2.24, 2.45) is 35.3 Å². The lowest BCUT2D eigenvalue weighted by molar-refractivity contribution is 0.164. The summed E-state index contributed by atoms with van der Waals surface area (Å²) in [6.07, 6.45) is 9.81. The van der Waals surface area contributed by atoms with Crippen molar-refractivity contribution in [2.75, 3.05) is 0 Å². The topological polar surface area (TPSA) is 26.0 Å². The smallest absolute Gasteiger partial charge is 0.00959 e. The van der Waals surface area contributed by atoms with Crippen LogP contribution in [-0.2, 0) is 0 Å². The van der Waals surface area contributed by atoms with E-state index in [9.17, 15) is 0 Å². The fraction of sp³-hybridized carbons (Fsp3) is 1.00. The largest absolute Gasteiger partial charge is 0.327 e. The van der Waals surface area contributed by atoms with Crippen LogP contribution in [0.5, 0.6) is 0 Å². The SMILES string of the molecule is CCC1CCC(C(N)C2CC(C)CC(C)C2)C1. The predicted octanol–water partition coefficient (Wildman–Crippen LogP) is 4.21. The van der Waals surface area contributed by atoms with Crippen molar-refractivity contribution < 1.29 is 0 Å². The van der Waals surface area contributed by atoms with Crippen LogP contribution in [0.2, 0.25) is 0 Å². The van der Waals surface area contributed by atoms with Crippen LogP contribution >= 0.6 is 0 Å². The molecule has 17 heavy (non-hydrogen) atoms. The van der Waals surface area contributed by atoms with Crippen LogP contribution in [-0.4, -0.2) is 6.04 Å². The zero-order valence-corrected chi connectivity index (χ0v) is 12.0. The van der Waals surface area contributed by atoms with Gasteiger partial charge < -0.3 is 5.73 Å². The first kappa shape index (κ1) is 13.4. The van der Waals surface area contributed by atoms with Crippen LogP contribution in [0, 0.1) is 29.6 Å². The second kappa shape index (κ2) is 5.73. The Hall–Kier alpha value is -0.0400. The van der Waals surface area contributed by atoms with Crippen molar-refractivity contribution >= 4 is 0 Å². The molecule has 0 bridgehead atoms. The predicted molar refractivity (Wildman–Crippen MR) is 74.8 cm³/mol. The van der Waals surface area contributed by atoms with Crippen molar-refractivity contribution in [3.8, 4) is 0 Å². The van der Waals surface area contributed by atoms with E-state index in [-0.39, 0.29) is 0 Å². The highest BCUT2D eigenvalue weighted by molar-refractivity contribution is 4.89. The third-order valence-electron chi connectivity index (χ3n) is 5.46. The molecule has 5 unspecified atom stereocenters. The van der Waals surface area contributed by atoms with Gasteiger partial charge in [0.1, 0.15) is 0 Å². The Morgan fingerprint density at radius 1 is 0.941 bits per heavy atom. The third kappa shape index (κ3) is 3.24. The van der Waals surface area contributed by atoms with Crippen molar-refractivity contribution in [2.45, 2.75) is 71.8 Å². The highest BCUT2D eigenvalue weighted by Gasteiger charge is 2.35. The molecule has 2 aliphatic rings. The molecule has 0 aromatic rings. The Morgan fingerprint density at radius 3 is 2.12 bits per heavy atom. The van der Waals surface area contributed by atoms with Gasteiger partial charge in [-0.25, -0.2) is 0 Å². The molecule has 5 atom stereocenters. The minimum absolute atomic E-state index is 0.497. The fourth-order valence-corrected chi connectivity index (χ4v) is 4.54. The van der Waals surface area contributed by atoms with Gasteiger partial charge in [0.2, 0.25) is 0 Å². The van der Waals surface area contributed by atoms with E-state index in [0.717, 1.165) is 29.6 Å². The Labute approximate surface area is 108 Å². The average molecular weight is 237 g/mol. The van der Waals surface area contributed by atoms with Crippen LogP contribution in [0.4, 0.5) is 0 Å². The molecular formula is C16H31N. The van der Waals surface area contributed by atoms with Gasteiger partial charge in [0.15, 0.2) is 0 Å². The molecule has 0 radical (unpaired) electrons. The third-order valence-corrected chi connectivity index (χ3v) is 5.46. The summed E-state index contributed by atoms with van der Waals surface area (Å²) in [5.74, 6) is 4.43. The minimum Gasteiger partial charge on any atom is -0.327 e. The van der Waals surface area contributed by atoms with Crippen LogP contribution < -0.4 is 5.73 Å². The van der Waals surface area contributed by atoms with Crippen LogP contribution in [0.1, 0.15) is 65.7 Å². The maximum Gasteiger partial charge on any atom is 0.00959 e. The lowest BCUT2D eigenvalue weighted by Gasteiger charge is -2.37. The molecule has 2 rings (SSSR count). The first-order chi connectivity index (χ1) is 8.10. The van der Waals surface area contributed by atoms with Gasteiger partial charge in [0.05, 0.1) is 0 Å². The van der Waals surface area contributed by atoms with Gasteiger partial charge in [0.25, 0.3) is 0 Å². The Bertz CT molecular complexity index is 228. The van der Waals surface area contributed by atoms with Crippen molar-refractivity contribution in [3.63, 3.8) is 0 Å². The molecule has 2 saturated carbocycles. The van der Waals surface area contributed by atoms with Crippen molar-refractivity contribution in [1.82, 2.24) is 0 Å². The Morgan fingerprint density at radius 2 is 1.59 bits per heavy atom. The maximum atomic E-state index is 6.60. The first-order valence-electron chi connectivity index (χ1n) is 7.85. The molecular weight excluding hydrogens is 206 g/mol. The van der Waals surface area contributed by atoms with E-state index < -0.39 is 0 Å². The molecule has 0 amide bonds. The summed E-state index contributed by atoms with van der Waals surface area (Å²) in [6, 6.07) is 0.497. The number of hydrogen-bond acceptors (Lipinski definition) is 1. The van der Waals surface area contributed by atoms with Crippen LogP contribution in [0.15, 0.2) is 0 Å². The summed E-state index contributed by atoms with van der Waals surface area (Å²) in [5, 5.41) is 0. The molecule has 2 fully saturated rings. The summed E-state index contributed by atoms with van der Waals surface area (Å²) in [6.45, 7) is 7.17. The summed E-state index contributed by atoms with van der Waals surface area (Å²) in [7, 11) is 0. The minimum atomic E-state index is 0.497. The lowest BCUT2D eigenvalue weighted by Crippen LogP contribution is -2.40.